The molecule has 0 aliphatic carbocycles. The van der Waals surface area contributed by atoms with Crippen LogP contribution >= 0.6 is 0 Å². The van der Waals surface area contributed by atoms with E-state index < -0.39 is 0 Å². The van der Waals surface area contributed by atoms with E-state index in [9.17, 15) is 4.79 Å². The first-order valence-corrected chi connectivity index (χ1v) is 5.57. The largest absolute Gasteiger partial charge is 0.354 e. The highest BCUT2D eigenvalue weighted by atomic mass is 16.1. The van der Waals surface area contributed by atoms with Crippen LogP contribution < -0.4 is 10.2 Å². The summed E-state index contributed by atoms with van der Waals surface area (Å²) < 4.78 is 0. The first-order chi connectivity index (χ1) is 8.19. The Hall–Kier alpha value is -2.09. The molecule has 1 amide bonds. The molecule has 1 atom stereocenters. The number of nitrogens with one attached hydrogen (secondary N) is 1. The van der Waals surface area contributed by atoms with E-state index in [1.165, 1.54) is 6.92 Å². The van der Waals surface area contributed by atoms with Crippen LogP contribution in [0.3, 0.4) is 0 Å². The Labute approximate surface area is 100 Å². The highest BCUT2D eigenvalue weighted by molar-refractivity contribution is 5.73. The standard InChI is InChI=1S/C12H14N4O/c1-9(17)15-11-4-5-16(8-11)12-3-2-10(6-13)7-14-12/h2-3,7,11H,4-5,8H2,1H3,(H,15,17). The van der Waals surface area contributed by atoms with Crippen molar-refractivity contribution < 1.29 is 4.79 Å². The van der Waals surface area contributed by atoms with Crippen LogP contribution in [0, 0.1) is 11.3 Å². The maximum atomic E-state index is 10.9. The van der Waals surface area contributed by atoms with Crippen LogP contribution in [0.4, 0.5) is 5.82 Å². The number of nitrogens with zero attached hydrogens (tertiary/aromatic N) is 3. The second-order valence-electron chi connectivity index (χ2n) is 4.15. The average molecular weight is 230 g/mol. The Kier molecular flexibility index (Phi) is 3.24. The molecule has 2 heterocycles. The van der Waals surface area contributed by atoms with Crippen molar-refractivity contribution in [1.82, 2.24) is 10.3 Å². The quantitative estimate of drug-likeness (QED) is 0.810. The summed E-state index contributed by atoms with van der Waals surface area (Å²) in [6.45, 7) is 3.19. The highest BCUT2D eigenvalue weighted by Gasteiger charge is 2.23. The van der Waals surface area contributed by atoms with E-state index in [-0.39, 0.29) is 11.9 Å². The van der Waals surface area contributed by atoms with Crippen molar-refractivity contribution in [3.8, 4) is 6.07 Å². The fraction of sp³-hybridized carbons (Fsp3) is 0.417. The first kappa shape index (κ1) is 11.4. The van der Waals surface area contributed by atoms with Crippen LogP contribution in [0.2, 0.25) is 0 Å². The molecule has 1 fully saturated rings. The molecule has 1 aromatic heterocycles. The summed E-state index contributed by atoms with van der Waals surface area (Å²) in [5.41, 5.74) is 0.561. The van der Waals surface area contributed by atoms with Crippen LogP contribution in [-0.2, 0) is 4.79 Å². The molecule has 1 aromatic rings. The summed E-state index contributed by atoms with van der Waals surface area (Å²) in [5.74, 6) is 0.862. The SMILES string of the molecule is CC(=O)NC1CCN(c2ccc(C#N)cn2)C1. The topological polar surface area (TPSA) is 69.0 Å². The number of carbonyl (C=O) groups excluding carboxylic acids is 1. The minimum atomic E-state index is 0.00429. The molecule has 0 radical (unpaired) electrons. The lowest BCUT2D eigenvalue weighted by Gasteiger charge is -2.17. The third-order valence-corrected chi connectivity index (χ3v) is 2.80. The molecule has 1 unspecified atom stereocenters. The summed E-state index contributed by atoms with van der Waals surface area (Å²) >= 11 is 0. The average Bonchev–Trinajstić information content (AvgIpc) is 2.77. The number of anilines is 1. The lowest BCUT2D eigenvalue weighted by atomic mass is 10.2. The number of hydrogen-bond acceptors (Lipinski definition) is 4. The van der Waals surface area contributed by atoms with Gasteiger partial charge in [-0.2, -0.15) is 5.26 Å². The number of pyridine rings is 1. The van der Waals surface area contributed by atoms with E-state index in [4.69, 9.17) is 5.26 Å². The molecule has 1 N–H and O–H groups in total. The monoisotopic (exact) mass is 230 g/mol. The van der Waals surface area contributed by atoms with E-state index >= 15 is 0 Å². The van der Waals surface area contributed by atoms with Gasteiger partial charge in [0.05, 0.1) is 5.56 Å². The molecular formula is C12H14N4O. The number of aromatic nitrogens is 1. The van der Waals surface area contributed by atoms with Gasteiger partial charge in [-0.05, 0) is 18.6 Å². The summed E-state index contributed by atoms with van der Waals surface area (Å²) in [5, 5.41) is 11.6. The van der Waals surface area contributed by atoms with Gasteiger partial charge in [0.1, 0.15) is 11.9 Å². The molecular weight excluding hydrogens is 216 g/mol. The zero-order valence-corrected chi connectivity index (χ0v) is 9.68. The number of hydrogen-bond donors (Lipinski definition) is 1. The Morgan fingerprint density at radius 3 is 3.06 bits per heavy atom. The minimum Gasteiger partial charge on any atom is -0.354 e. The normalized spacial score (nSPS) is 18.8. The third kappa shape index (κ3) is 2.72. The van der Waals surface area contributed by atoms with Crippen LogP contribution in [0.25, 0.3) is 0 Å². The molecule has 2 rings (SSSR count). The molecule has 1 saturated heterocycles. The molecule has 5 nitrogen and oxygen atoms in total. The molecule has 1 aliphatic rings. The van der Waals surface area contributed by atoms with E-state index in [1.54, 1.807) is 12.3 Å². The van der Waals surface area contributed by atoms with Gasteiger partial charge < -0.3 is 10.2 Å². The third-order valence-electron chi connectivity index (χ3n) is 2.80. The van der Waals surface area contributed by atoms with E-state index in [2.05, 4.69) is 15.2 Å². The minimum absolute atomic E-state index is 0.00429. The van der Waals surface area contributed by atoms with E-state index in [0.29, 0.717) is 5.56 Å². The van der Waals surface area contributed by atoms with Gasteiger partial charge in [-0.25, -0.2) is 4.98 Å². The Morgan fingerprint density at radius 1 is 1.65 bits per heavy atom. The van der Waals surface area contributed by atoms with Gasteiger partial charge >= 0.3 is 0 Å². The molecule has 0 bridgehead atoms. The van der Waals surface area contributed by atoms with Crippen LogP contribution in [0.5, 0.6) is 0 Å². The van der Waals surface area contributed by atoms with Gasteiger partial charge in [0.2, 0.25) is 5.91 Å². The first-order valence-electron chi connectivity index (χ1n) is 5.57. The summed E-state index contributed by atoms with van der Waals surface area (Å²) in [6, 6.07) is 5.84. The lowest BCUT2D eigenvalue weighted by Crippen LogP contribution is -2.35. The molecule has 5 heteroatoms. The van der Waals surface area contributed by atoms with Crippen molar-refractivity contribution in [3.05, 3.63) is 23.9 Å². The maximum absolute atomic E-state index is 10.9. The predicted octanol–water partition coefficient (Wildman–Crippen LogP) is 0.668. The fourth-order valence-corrected chi connectivity index (χ4v) is 2.01. The fourth-order valence-electron chi connectivity index (χ4n) is 2.01. The summed E-state index contributed by atoms with van der Waals surface area (Å²) in [7, 11) is 0. The van der Waals surface area contributed by atoms with E-state index in [1.807, 2.05) is 12.1 Å². The molecule has 88 valence electrons. The smallest absolute Gasteiger partial charge is 0.217 e. The highest BCUT2D eigenvalue weighted by Crippen LogP contribution is 2.17. The van der Waals surface area contributed by atoms with Crippen molar-refractivity contribution in [1.29, 1.82) is 5.26 Å². The Bertz CT molecular complexity index is 449. The predicted molar refractivity (Wildman–Crippen MR) is 63.4 cm³/mol. The van der Waals surface area contributed by atoms with Crippen molar-refractivity contribution in [2.45, 2.75) is 19.4 Å². The molecule has 1 aliphatic heterocycles. The Morgan fingerprint density at radius 2 is 2.47 bits per heavy atom. The molecule has 17 heavy (non-hydrogen) atoms. The second kappa shape index (κ2) is 4.83. The molecule has 0 aromatic carbocycles. The van der Waals surface area contributed by atoms with Crippen LogP contribution in [0.1, 0.15) is 18.9 Å². The van der Waals surface area contributed by atoms with Crippen molar-refractivity contribution in [2.75, 3.05) is 18.0 Å². The Balaban J connectivity index is 2.00. The van der Waals surface area contributed by atoms with Crippen molar-refractivity contribution >= 4 is 11.7 Å². The molecule has 0 saturated carbocycles. The van der Waals surface area contributed by atoms with Gasteiger partial charge in [-0.15, -0.1) is 0 Å². The number of rotatable bonds is 2. The van der Waals surface area contributed by atoms with Crippen LogP contribution in [0.15, 0.2) is 18.3 Å². The number of carbonyl (C=O) groups is 1. The number of nitriles is 1. The van der Waals surface area contributed by atoms with E-state index in [0.717, 1.165) is 25.3 Å². The van der Waals surface area contributed by atoms with Crippen molar-refractivity contribution in [2.24, 2.45) is 0 Å². The van der Waals surface area contributed by atoms with Gasteiger partial charge in [-0.1, -0.05) is 0 Å². The van der Waals surface area contributed by atoms with Gasteiger partial charge in [-0.3, -0.25) is 4.79 Å². The van der Waals surface area contributed by atoms with Crippen molar-refractivity contribution in [3.63, 3.8) is 0 Å². The zero-order valence-electron chi connectivity index (χ0n) is 9.68. The summed E-state index contributed by atoms with van der Waals surface area (Å²) in [4.78, 5) is 17.3. The van der Waals surface area contributed by atoms with Gasteiger partial charge in [0.15, 0.2) is 0 Å². The van der Waals surface area contributed by atoms with Gasteiger partial charge in [0, 0.05) is 32.3 Å². The van der Waals surface area contributed by atoms with Crippen LogP contribution in [-0.4, -0.2) is 30.0 Å². The maximum Gasteiger partial charge on any atom is 0.217 e. The molecule has 0 spiro atoms. The zero-order chi connectivity index (χ0) is 12.3. The van der Waals surface area contributed by atoms with Gasteiger partial charge in [0.25, 0.3) is 0 Å². The lowest BCUT2D eigenvalue weighted by molar-refractivity contribution is -0.119. The number of amides is 1. The summed E-state index contributed by atoms with van der Waals surface area (Å²) in [6.07, 6.45) is 2.50. The second-order valence-corrected chi connectivity index (χ2v) is 4.15.